The summed E-state index contributed by atoms with van der Waals surface area (Å²) in [4.78, 5) is 26.9. The molecule has 7 heteroatoms. The fraction of sp³-hybridized carbons (Fsp3) is 0.467. The lowest BCUT2D eigenvalue weighted by Crippen LogP contribution is -2.43. The van der Waals surface area contributed by atoms with Crippen LogP contribution in [0.2, 0.25) is 0 Å². The minimum Gasteiger partial charge on any atom is -0.368 e. The molecule has 2 aromatic rings. The molecule has 0 saturated carbocycles. The first-order valence-corrected chi connectivity index (χ1v) is 7.29. The minimum absolute atomic E-state index is 0.0637. The number of morpholine rings is 1. The third-order valence-corrected chi connectivity index (χ3v) is 3.61. The molecule has 2 aromatic heterocycles. The molecule has 1 aliphatic heterocycles. The van der Waals surface area contributed by atoms with Gasteiger partial charge < -0.3 is 14.2 Å². The van der Waals surface area contributed by atoms with Gasteiger partial charge in [0.1, 0.15) is 18.5 Å². The molecule has 0 spiro atoms. The number of hydrogen-bond donors (Lipinski definition) is 0. The summed E-state index contributed by atoms with van der Waals surface area (Å²) in [6.07, 6.45) is 4.91. The largest absolute Gasteiger partial charge is 0.368 e. The monoisotopic (exact) mass is 301 g/mol. The third-order valence-electron chi connectivity index (χ3n) is 3.61. The van der Waals surface area contributed by atoms with Crippen LogP contribution in [0.3, 0.4) is 0 Å². The number of rotatable bonds is 3. The average molecular weight is 301 g/mol. The number of imidazole rings is 1. The second-order valence-electron chi connectivity index (χ2n) is 5.42. The highest BCUT2D eigenvalue weighted by Crippen LogP contribution is 2.21. The normalized spacial score (nSPS) is 18.5. The van der Waals surface area contributed by atoms with Crippen molar-refractivity contribution < 1.29 is 9.53 Å². The van der Waals surface area contributed by atoms with Gasteiger partial charge in [-0.2, -0.15) is 0 Å². The van der Waals surface area contributed by atoms with Crippen LogP contribution >= 0.6 is 0 Å². The molecule has 1 atom stereocenters. The van der Waals surface area contributed by atoms with Crippen LogP contribution in [0, 0.1) is 13.8 Å². The van der Waals surface area contributed by atoms with E-state index in [2.05, 4.69) is 15.0 Å². The molecule has 0 radical (unpaired) electrons. The number of hydrogen-bond acceptors (Lipinski definition) is 5. The lowest BCUT2D eigenvalue weighted by molar-refractivity contribution is -0.139. The number of ether oxygens (including phenoxy) is 1. The Morgan fingerprint density at radius 2 is 2.27 bits per heavy atom. The molecular weight excluding hydrogens is 282 g/mol. The van der Waals surface area contributed by atoms with Crippen LogP contribution in [0.15, 0.2) is 24.8 Å². The van der Waals surface area contributed by atoms with Crippen molar-refractivity contribution >= 4 is 5.91 Å². The fourth-order valence-electron chi connectivity index (χ4n) is 2.60. The van der Waals surface area contributed by atoms with Crippen LogP contribution in [0.1, 0.15) is 23.3 Å². The Morgan fingerprint density at radius 3 is 3.00 bits per heavy atom. The highest BCUT2D eigenvalue weighted by atomic mass is 16.5. The molecule has 1 aliphatic rings. The quantitative estimate of drug-likeness (QED) is 0.842. The van der Waals surface area contributed by atoms with E-state index >= 15 is 0 Å². The van der Waals surface area contributed by atoms with Crippen molar-refractivity contribution in [1.29, 1.82) is 0 Å². The SMILES string of the molecule is Cc1cc([C@H]2CN(C(=O)Cn3ccnc3)CCO2)nc(C)n1. The maximum Gasteiger partial charge on any atom is 0.242 e. The summed E-state index contributed by atoms with van der Waals surface area (Å²) >= 11 is 0. The van der Waals surface area contributed by atoms with E-state index < -0.39 is 0 Å². The fourth-order valence-corrected chi connectivity index (χ4v) is 2.60. The summed E-state index contributed by atoms with van der Waals surface area (Å²) in [5.41, 5.74) is 1.75. The van der Waals surface area contributed by atoms with E-state index in [4.69, 9.17) is 4.74 Å². The molecule has 0 unspecified atom stereocenters. The van der Waals surface area contributed by atoms with Crippen molar-refractivity contribution in [2.24, 2.45) is 0 Å². The minimum atomic E-state index is -0.194. The number of aromatic nitrogens is 4. The highest BCUT2D eigenvalue weighted by Gasteiger charge is 2.26. The molecule has 7 nitrogen and oxygen atoms in total. The van der Waals surface area contributed by atoms with E-state index in [1.807, 2.05) is 24.8 Å². The Hall–Kier alpha value is -2.28. The van der Waals surface area contributed by atoms with E-state index in [-0.39, 0.29) is 12.0 Å². The molecule has 0 N–H and O–H groups in total. The van der Waals surface area contributed by atoms with Gasteiger partial charge in [-0.3, -0.25) is 4.79 Å². The van der Waals surface area contributed by atoms with Gasteiger partial charge in [-0.15, -0.1) is 0 Å². The first-order valence-electron chi connectivity index (χ1n) is 7.29. The molecule has 116 valence electrons. The van der Waals surface area contributed by atoms with Gasteiger partial charge in [0.2, 0.25) is 5.91 Å². The van der Waals surface area contributed by atoms with Crippen LogP contribution < -0.4 is 0 Å². The highest BCUT2D eigenvalue weighted by molar-refractivity contribution is 5.76. The average Bonchev–Trinajstić information content (AvgIpc) is 2.99. The van der Waals surface area contributed by atoms with Crippen molar-refractivity contribution in [2.75, 3.05) is 19.7 Å². The van der Waals surface area contributed by atoms with Crippen LogP contribution in [-0.2, 0) is 16.1 Å². The Balaban J connectivity index is 1.69. The van der Waals surface area contributed by atoms with Gasteiger partial charge in [0.05, 0.1) is 25.2 Å². The first kappa shape index (κ1) is 14.6. The molecular formula is C15H19N5O2. The number of carbonyl (C=O) groups is 1. The summed E-state index contributed by atoms with van der Waals surface area (Å²) in [5.74, 6) is 0.786. The summed E-state index contributed by atoms with van der Waals surface area (Å²) < 4.78 is 7.56. The first-order chi connectivity index (χ1) is 10.6. The van der Waals surface area contributed by atoms with E-state index in [0.717, 1.165) is 17.2 Å². The van der Waals surface area contributed by atoms with Crippen LogP contribution in [0.25, 0.3) is 0 Å². The van der Waals surface area contributed by atoms with Crippen molar-refractivity contribution in [2.45, 2.75) is 26.5 Å². The smallest absolute Gasteiger partial charge is 0.242 e. The maximum absolute atomic E-state index is 12.4. The van der Waals surface area contributed by atoms with Crippen molar-refractivity contribution in [3.63, 3.8) is 0 Å². The Labute approximate surface area is 129 Å². The number of amides is 1. The van der Waals surface area contributed by atoms with Gasteiger partial charge in [-0.1, -0.05) is 0 Å². The Morgan fingerprint density at radius 1 is 1.41 bits per heavy atom. The zero-order chi connectivity index (χ0) is 15.5. The van der Waals surface area contributed by atoms with Crippen LogP contribution in [0.4, 0.5) is 0 Å². The standard InChI is InChI=1S/C15H19N5O2/c1-11-7-13(18-12(2)17-11)14-8-20(5-6-22-14)15(21)9-19-4-3-16-10-19/h3-4,7,10,14H,5-6,8-9H2,1-2H3/t14-/m1/s1. The van der Waals surface area contributed by atoms with E-state index in [1.165, 1.54) is 0 Å². The Kier molecular flexibility index (Phi) is 4.15. The molecule has 0 aromatic carbocycles. The molecule has 1 saturated heterocycles. The molecule has 0 aliphatic carbocycles. The summed E-state index contributed by atoms with van der Waals surface area (Å²) in [7, 11) is 0. The second-order valence-corrected chi connectivity index (χ2v) is 5.42. The lowest BCUT2D eigenvalue weighted by atomic mass is 10.1. The zero-order valence-corrected chi connectivity index (χ0v) is 12.8. The summed E-state index contributed by atoms with van der Waals surface area (Å²) in [6, 6.07) is 1.92. The molecule has 3 rings (SSSR count). The molecule has 3 heterocycles. The predicted octanol–water partition coefficient (Wildman–Crippen LogP) is 0.890. The van der Waals surface area contributed by atoms with Crippen LogP contribution in [-0.4, -0.2) is 50.0 Å². The van der Waals surface area contributed by atoms with Crippen molar-refractivity contribution in [1.82, 2.24) is 24.4 Å². The van der Waals surface area contributed by atoms with Crippen molar-refractivity contribution in [3.05, 3.63) is 42.0 Å². The van der Waals surface area contributed by atoms with Gasteiger partial charge >= 0.3 is 0 Å². The van der Waals surface area contributed by atoms with Crippen LogP contribution in [0.5, 0.6) is 0 Å². The van der Waals surface area contributed by atoms with E-state index in [1.54, 1.807) is 23.3 Å². The van der Waals surface area contributed by atoms with Gasteiger partial charge in [-0.05, 0) is 19.9 Å². The number of carbonyl (C=O) groups excluding carboxylic acids is 1. The second kappa shape index (κ2) is 6.23. The number of aryl methyl sites for hydroxylation is 2. The topological polar surface area (TPSA) is 73.1 Å². The molecule has 22 heavy (non-hydrogen) atoms. The predicted molar refractivity (Wildman–Crippen MR) is 79.0 cm³/mol. The lowest BCUT2D eigenvalue weighted by Gasteiger charge is -2.33. The van der Waals surface area contributed by atoms with Gasteiger partial charge in [-0.25, -0.2) is 15.0 Å². The maximum atomic E-state index is 12.4. The Bertz CT molecular complexity index is 636. The number of nitrogens with zero attached hydrogens (tertiary/aromatic N) is 5. The summed E-state index contributed by atoms with van der Waals surface area (Å²) in [6.45, 7) is 5.73. The zero-order valence-electron chi connectivity index (χ0n) is 12.8. The van der Waals surface area contributed by atoms with Gasteiger partial charge in [0, 0.05) is 24.6 Å². The molecule has 1 fully saturated rings. The summed E-state index contributed by atoms with van der Waals surface area (Å²) in [5, 5.41) is 0. The van der Waals surface area contributed by atoms with E-state index in [9.17, 15) is 4.79 Å². The van der Waals surface area contributed by atoms with Gasteiger partial charge in [0.25, 0.3) is 0 Å². The third kappa shape index (κ3) is 3.30. The van der Waals surface area contributed by atoms with E-state index in [0.29, 0.717) is 26.2 Å². The van der Waals surface area contributed by atoms with Gasteiger partial charge in [0.15, 0.2) is 0 Å². The molecule has 0 bridgehead atoms. The van der Waals surface area contributed by atoms with Crippen molar-refractivity contribution in [3.8, 4) is 0 Å². The molecule has 1 amide bonds.